The summed E-state index contributed by atoms with van der Waals surface area (Å²) in [6.45, 7) is 12.0. The zero-order valence-corrected chi connectivity index (χ0v) is 19.0. The van der Waals surface area contributed by atoms with Gasteiger partial charge in [0.1, 0.15) is 12.4 Å². The van der Waals surface area contributed by atoms with Gasteiger partial charge in [-0.15, -0.1) is 10.2 Å². The molecule has 164 valence electrons. The molecule has 0 bridgehead atoms. The van der Waals surface area contributed by atoms with Crippen LogP contribution in [-0.2, 0) is 13.6 Å². The molecule has 1 saturated heterocycles. The topological polar surface area (TPSA) is 61.6 Å². The van der Waals surface area contributed by atoms with E-state index in [0.29, 0.717) is 12.6 Å². The van der Waals surface area contributed by atoms with Crippen molar-refractivity contribution in [2.24, 2.45) is 12.0 Å². The summed E-state index contributed by atoms with van der Waals surface area (Å²) in [7, 11) is 2.00. The lowest BCUT2D eigenvalue weighted by molar-refractivity contribution is 0.127. The number of hydrogen-bond acceptors (Lipinski definition) is 4. The number of piperazine rings is 1. The lowest BCUT2D eigenvalue weighted by Gasteiger charge is -2.40. The van der Waals surface area contributed by atoms with E-state index in [0.717, 1.165) is 63.2 Å². The van der Waals surface area contributed by atoms with Gasteiger partial charge in [-0.05, 0) is 25.3 Å². The summed E-state index contributed by atoms with van der Waals surface area (Å²) in [5.41, 5.74) is 1.42. The van der Waals surface area contributed by atoms with Gasteiger partial charge in [-0.25, -0.2) is 4.99 Å². The van der Waals surface area contributed by atoms with Crippen LogP contribution in [0.25, 0.3) is 0 Å². The molecule has 0 spiro atoms. The average molecular weight is 412 g/mol. The first-order chi connectivity index (χ1) is 14.6. The van der Waals surface area contributed by atoms with Crippen LogP contribution >= 0.6 is 0 Å². The third-order valence-corrected chi connectivity index (χ3v) is 5.99. The zero-order chi connectivity index (χ0) is 21.3. The minimum atomic E-state index is 0.489. The van der Waals surface area contributed by atoms with Crippen molar-refractivity contribution in [3.63, 3.8) is 0 Å². The number of aryl methyl sites for hydroxylation is 1. The van der Waals surface area contributed by atoms with E-state index in [-0.39, 0.29) is 0 Å². The first-order valence-electron chi connectivity index (χ1n) is 11.3. The van der Waals surface area contributed by atoms with Crippen molar-refractivity contribution in [3.05, 3.63) is 47.5 Å². The first kappa shape index (κ1) is 22.3. The number of rotatable bonds is 8. The van der Waals surface area contributed by atoms with Crippen LogP contribution in [0.3, 0.4) is 0 Å². The summed E-state index contributed by atoms with van der Waals surface area (Å²) in [4.78, 5) is 9.91. The molecule has 7 heteroatoms. The molecule has 1 aliphatic heterocycles. The Morgan fingerprint density at radius 2 is 1.83 bits per heavy atom. The Kier molecular flexibility index (Phi) is 8.25. The SMILES string of the molecule is CCCCNC(=NCc1nnc(C)n1C)N1CCN(C(CC)c2ccccc2)CC1. The third-order valence-electron chi connectivity index (χ3n) is 5.99. The Balaban J connectivity index is 1.65. The van der Waals surface area contributed by atoms with Crippen molar-refractivity contribution in [2.45, 2.75) is 52.6 Å². The number of nitrogens with zero attached hydrogens (tertiary/aromatic N) is 6. The minimum Gasteiger partial charge on any atom is -0.356 e. The maximum Gasteiger partial charge on any atom is 0.194 e. The van der Waals surface area contributed by atoms with Crippen molar-refractivity contribution in [2.75, 3.05) is 32.7 Å². The second-order valence-corrected chi connectivity index (χ2v) is 8.00. The summed E-state index contributed by atoms with van der Waals surface area (Å²) in [6, 6.07) is 11.4. The fraction of sp³-hybridized carbons (Fsp3) is 0.609. The standard InChI is InChI=1S/C23H37N7/c1-5-7-13-24-23(25-18-22-27-26-19(3)28(22)4)30-16-14-29(15-17-30)21(6-2)20-11-9-8-10-12-20/h8-12,21H,5-7,13-18H2,1-4H3,(H,24,25). The van der Waals surface area contributed by atoms with Gasteiger partial charge in [-0.3, -0.25) is 4.90 Å². The number of benzene rings is 1. The van der Waals surface area contributed by atoms with Crippen LogP contribution in [0.4, 0.5) is 0 Å². The maximum absolute atomic E-state index is 4.90. The molecule has 1 aliphatic rings. The Hall–Kier alpha value is -2.41. The second kappa shape index (κ2) is 11.1. The first-order valence-corrected chi connectivity index (χ1v) is 11.3. The molecule has 0 amide bonds. The van der Waals surface area contributed by atoms with E-state index in [2.05, 4.69) is 69.5 Å². The molecule has 1 fully saturated rings. The summed E-state index contributed by atoms with van der Waals surface area (Å²) in [5.74, 6) is 2.81. The van der Waals surface area contributed by atoms with Gasteiger partial charge in [-0.2, -0.15) is 0 Å². The summed E-state index contributed by atoms with van der Waals surface area (Å²) in [6.07, 6.45) is 3.45. The van der Waals surface area contributed by atoms with Crippen LogP contribution in [0.5, 0.6) is 0 Å². The van der Waals surface area contributed by atoms with Gasteiger partial charge in [0.25, 0.3) is 0 Å². The number of guanidine groups is 1. The predicted octanol–water partition coefficient (Wildman–Crippen LogP) is 3.14. The van der Waals surface area contributed by atoms with Gasteiger partial charge < -0.3 is 14.8 Å². The quantitative estimate of drug-likeness (QED) is 0.411. The third kappa shape index (κ3) is 5.59. The number of unbranched alkanes of at least 4 members (excludes halogenated alkanes) is 1. The molecule has 30 heavy (non-hydrogen) atoms. The number of aliphatic imine (C=N–C) groups is 1. The molecule has 3 rings (SSSR count). The molecule has 1 N–H and O–H groups in total. The fourth-order valence-corrected chi connectivity index (χ4v) is 4.00. The van der Waals surface area contributed by atoms with Gasteiger partial charge in [-0.1, -0.05) is 50.6 Å². The van der Waals surface area contributed by atoms with Gasteiger partial charge in [0.2, 0.25) is 0 Å². The zero-order valence-electron chi connectivity index (χ0n) is 19.0. The smallest absolute Gasteiger partial charge is 0.194 e. The highest BCUT2D eigenvalue weighted by atomic mass is 15.4. The normalized spacial score (nSPS) is 16.7. The highest BCUT2D eigenvalue weighted by Crippen LogP contribution is 2.25. The lowest BCUT2D eigenvalue weighted by atomic mass is 10.0. The van der Waals surface area contributed by atoms with Crippen LogP contribution in [0, 0.1) is 6.92 Å². The van der Waals surface area contributed by atoms with Crippen molar-refractivity contribution >= 4 is 5.96 Å². The van der Waals surface area contributed by atoms with Crippen LogP contribution < -0.4 is 5.32 Å². The molecule has 1 aromatic carbocycles. The Bertz CT molecular complexity index is 791. The van der Waals surface area contributed by atoms with E-state index in [4.69, 9.17) is 4.99 Å². The van der Waals surface area contributed by atoms with Crippen molar-refractivity contribution < 1.29 is 0 Å². The maximum atomic E-state index is 4.90. The van der Waals surface area contributed by atoms with E-state index < -0.39 is 0 Å². The van der Waals surface area contributed by atoms with E-state index in [9.17, 15) is 0 Å². The van der Waals surface area contributed by atoms with Crippen LogP contribution in [0.2, 0.25) is 0 Å². The molecule has 2 aromatic rings. The molecule has 1 aromatic heterocycles. The molecule has 2 heterocycles. The number of hydrogen-bond donors (Lipinski definition) is 1. The van der Waals surface area contributed by atoms with Gasteiger partial charge >= 0.3 is 0 Å². The molecular weight excluding hydrogens is 374 g/mol. The molecular formula is C23H37N7. The monoisotopic (exact) mass is 411 g/mol. The molecule has 0 radical (unpaired) electrons. The highest BCUT2D eigenvalue weighted by Gasteiger charge is 2.25. The molecule has 1 unspecified atom stereocenters. The number of aromatic nitrogens is 3. The van der Waals surface area contributed by atoms with E-state index in [1.165, 1.54) is 12.0 Å². The Labute approximate surface area is 181 Å². The molecule has 7 nitrogen and oxygen atoms in total. The van der Waals surface area contributed by atoms with E-state index in [1.807, 2.05) is 18.5 Å². The molecule has 0 saturated carbocycles. The van der Waals surface area contributed by atoms with Crippen molar-refractivity contribution in [3.8, 4) is 0 Å². The van der Waals surface area contributed by atoms with E-state index in [1.54, 1.807) is 0 Å². The van der Waals surface area contributed by atoms with E-state index >= 15 is 0 Å². The van der Waals surface area contributed by atoms with Gasteiger partial charge in [0.15, 0.2) is 11.8 Å². The van der Waals surface area contributed by atoms with Crippen molar-refractivity contribution in [1.29, 1.82) is 0 Å². The largest absolute Gasteiger partial charge is 0.356 e. The van der Waals surface area contributed by atoms with Crippen LogP contribution in [-0.4, -0.2) is 63.2 Å². The fourth-order valence-electron chi connectivity index (χ4n) is 4.00. The average Bonchev–Trinajstić information content (AvgIpc) is 3.10. The van der Waals surface area contributed by atoms with Gasteiger partial charge in [0.05, 0.1) is 0 Å². The summed E-state index contributed by atoms with van der Waals surface area (Å²) < 4.78 is 2.01. The number of nitrogens with one attached hydrogen (secondary N) is 1. The summed E-state index contributed by atoms with van der Waals surface area (Å²) >= 11 is 0. The highest BCUT2D eigenvalue weighted by molar-refractivity contribution is 5.80. The Morgan fingerprint density at radius 1 is 1.10 bits per heavy atom. The lowest BCUT2D eigenvalue weighted by Crippen LogP contribution is -2.53. The van der Waals surface area contributed by atoms with Crippen LogP contribution in [0.15, 0.2) is 35.3 Å². The van der Waals surface area contributed by atoms with Crippen molar-refractivity contribution in [1.82, 2.24) is 29.9 Å². The molecule has 0 aliphatic carbocycles. The van der Waals surface area contributed by atoms with Gasteiger partial charge in [0, 0.05) is 45.8 Å². The minimum absolute atomic E-state index is 0.489. The van der Waals surface area contributed by atoms with Crippen LogP contribution in [0.1, 0.15) is 56.4 Å². The second-order valence-electron chi connectivity index (χ2n) is 8.00. The summed E-state index contributed by atoms with van der Waals surface area (Å²) in [5, 5.41) is 12.0. The Morgan fingerprint density at radius 3 is 2.43 bits per heavy atom. The predicted molar refractivity (Wildman–Crippen MR) is 122 cm³/mol. The molecule has 1 atom stereocenters.